The molecule has 0 spiro atoms. The van der Waals surface area contributed by atoms with Crippen LogP contribution in [0, 0.1) is 0 Å². The van der Waals surface area contributed by atoms with Crippen LogP contribution in [0.1, 0.15) is 25.1 Å². The van der Waals surface area contributed by atoms with E-state index in [1.54, 1.807) is 36.5 Å². The minimum atomic E-state index is -0.552. The van der Waals surface area contributed by atoms with Gasteiger partial charge in [-0.3, -0.25) is 4.98 Å². The van der Waals surface area contributed by atoms with Gasteiger partial charge in [0.05, 0.1) is 23.0 Å². The van der Waals surface area contributed by atoms with Crippen molar-refractivity contribution in [2.24, 2.45) is 0 Å². The van der Waals surface area contributed by atoms with E-state index >= 15 is 0 Å². The minimum absolute atomic E-state index is 0.472. The lowest BCUT2D eigenvalue weighted by atomic mass is 10.2. The molecule has 1 atom stereocenters. The van der Waals surface area contributed by atoms with Crippen LogP contribution in [0.4, 0.5) is 0 Å². The average Bonchev–Trinajstić information content (AvgIpc) is 2.43. The molecular weight excluding hydrogens is 285 g/mol. The van der Waals surface area contributed by atoms with Crippen molar-refractivity contribution in [3.05, 3.63) is 52.3 Å². The van der Waals surface area contributed by atoms with E-state index in [-0.39, 0.29) is 0 Å². The molecule has 0 bridgehead atoms. The minimum Gasteiger partial charge on any atom is -0.454 e. The molecule has 0 unspecified atom stereocenters. The number of halogens is 2. The van der Waals surface area contributed by atoms with Crippen molar-refractivity contribution in [1.29, 1.82) is 0 Å². The van der Waals surface area contributed by atoms with Crippen molar-refractivity contribution < 1.29 is 9.84 Å². The Hall–Kier alpha value is -1.29. The molecule has 0 saturated carbocycles. The third-order valence-corrected chi connectivity index (χ3v) is 3.16. The van der Waals surface area contributed by atoms with Gasteiger partial charge in [0.2, 0.25) is 0 Å². The molecule has 0 fully saturated rings. The van der Waals surface area contributed by atoms with Crippen LogP contribution >= 0.6 is 23.2 Å². The summed E-state index contributed by atoms with van der Waals surface area (Å²) in [6, 6.07) is 8.46. The summed E-state index contributed by atoms with van der Waals surface area (Å²) in [5.41, 5.74) is 0.618. The molecule has 2 aromatic rings. The van der Waals surface area contributed by atoms with Crippen LogP contribution < -0.4 is 4.74 Å². The zero-order chi connectivity index (χ0) is 13.8. The molecule has 1 heterocycles. The van der Waals surface area contributed by atoms with Crippen LogP contribution in [0.5, 0.6) is 11.5 Å². The fraction of sp³-hybridized carbons (Fsp3) is 0.214. The molecule has 19 heavy (non-hydrogen) atoms. The van der Waals surface area contributed by atoms with Crippen molar-refractivity contribution >= 4 is 23.2 Å². The second kappa shape index (κ2) is 6.24. The van der Waals surface area contributed by atoms with Crippen LogP contribution in [0.3, 0.4) is 0 Å². The first-order valence-corrected chi connectivity index (χ1v) is 6.62. The number of rotatable bonds is 4. The molecule has 100 valence electrons. The largest absolute Gasteiger partial charge is 0.454 e. The van der Waals surface area contributed by atoms with Crippen LogP contribution in [-0.4, -0.2) is 10.1 Å². The first-order chi connectivity index (χ1) is 9.10. The van der Waals surface area contributed by atoms with E-state index in [9.17, 15) is 5.11 Å². The molecule has 5 heteroatoms. The molecule has 0 aliphatic carbocycles. The van der Waals surface area contributed by atoms with Crippen molar-refractivity contribution in [2.75, 3.05) is 0 Å². The normalized spacial score (nSPS) is 12.2. The van der Waals surface area contributed by atoms with Gasteiger partial charge in [-0.05, 0) is 30.7 Å². The highest BCUT2D eigenvalue weighted by Gasteiger charge is 2.08. The summed E-state index contributed by atoms with van der Waals surface area (Å²) in [6.07, 6.45) is 1.61. The van der Waals surface area contributed by atoms with Gasteiger partial charge in [0.15, 0.2) is 0 Å². The highest BCUT2D eigenvalue weighted by atomic mass is 35.5. The van der Waals surface area contributed by atoms with Gasteiger partial charge in [-0.2, -0.15) is 0 Å². The fourth-order valence-electron chi connectivity index (χ4n) is 1.54. The summed E-state index contributed by atoms with van der Waals surface area (Å²) in [7, 11) is 0. The molecule has 0 aliphatic heterocycles. The van der Waals surface area contributed by atoms with E-state index in [1.807, 2.05) is 6.92 Å². The van der Waals surface area contributed by atoms with E-state index in [0.29, 0.717) is 33.7 Å². The SMILES string of the molecule is CC[C@H](O)c1ccc(Oc2cc(Cl)ccc2Cl)cn1. The molecule has 0 aliphatic rings. The Labute approximate surface area is 121 Å². The molecule has 3 nitrogen and oxygen atoms in total. The smallest absolute Gasteiger partial charge is 0.147 e. The van der Waals surface area contributed by atoms with Gasteiger partial charge in [-0.15, -0.1) is 0 Å². The summed E-state index contributed by atoms with van der Waals surface area (Å²) in [6.45, 7) is 1.89. The summed E-state index contributed by atoms with van der Waals surface area (Å²) in [5.74, 6) is 1.01. The highest BCUT2D eigenvalue weighted by molar-refractivity contribution is 6.34. The van der Waals surface area contributed by atoms with Gasteiger partial charge in [-0.25, -0.2) is 0 Å². The molecule has 1 aromatic carbocycles. The first-order valence-electron chi connectivity index (χ1n) is 5.87. The van der Waals surface area contributed by atoms with Crippen molar-refractivity contribution in [2.45, 2.75) is 19.4 Å². The Balaban J connectivity index is 2.17. The standard InChI is InChI=1S/C14H13Cl2NO2/c1-2-13(18)12-6-4-10(8-17-12)19-14-7-9(15)3-5-11(14)16/h3-8,13,18H,2H2,1H3/t13-/m0/s1. The molecule has 1 N–H and O–H groups in total. The Bertz CT molecular complexity index is 558. The summed E-state index contributed by atoms with van der Waals surface area (Å²) in [4.78, 5) is 4.15. The maximum absolute atomic E-state index is 9.65. The van der Waals surface area contributed by atoms with Gasteiger partial charge in [0.1, 0.15) is 11.5 Å². The monoisotopic (exact) mass is 297 g/mol. The molecule has 0 radical (unpaired) electrons. The highest BCUT2D eigenvalue weighted by Crippen LogP contribution is 2.31. The summed E-state index contributed by atoms with van der Waals surface area (Å²) in [5, 5.41) is 10.7. The Morgan fingerprint density at radius 2 is 2.05 bits per heavy atom. The van der Waals surface area contributed by atoms with Crippen molar-refractivity contribution in [1.82, 2.24) is 4.98 Å². The zero-order valence-electron chi connectivity index (χ0n) is 10.3. The third-order valence-electron chi connectivity index (χ3n) is 2.61. The lowest BCUT2D eigenvalue weighted by Gasteiger charge is -2.10. The van der Waals surface area contributed by atoms with Crippen molar-refractivity contribution in [3.63, 3.8) is 0 Å². The summed E-state index contributed by atoms with van der Waals surface area (Å²) < 4.78 is 5.60. The Morgan fingerprint density at radius 3 is 2.68 bits per heavy atom. The Morgan fingerprint density at radius 1 is 1.26 bits per heavy atom. The number of benzene rings is 1. The molecular formula is C14H13Cl2NO2. The second-order valence-electron chi connectivity index (χ2n) is 4.02. The van der Waals surface area contributed by atoms with E-state index in [1.165, 1.54) is 0 Å². The second-order valence-corrected chi connectivity index (χ2v) is 4.86. The number of aliphatic hydroxyl groups is 1. The maximum Gasteiger partial charge on any atom is 0.147 e. The number of aromatic nitrogens is 1. The quantitative estimate of drug-likeness (QED) is 0.895. The van der Waals surface area contributed by atoms with E-state index in [0.717, 1.165) is 0 Å². The molecule has 0 saturated heterocycles. The maximum atomic E-state index is 9.65. The van der Waals surface area contributed by atoms with Gasteiger partial charge in [0.25, 0.3) is 0 Å². The number of ether oxygens (including phenoxy) is 1. The molecule has 2 rings (SSSR count). The number of aliphatic hydroxyl groups excluding tert-OH is 1. The number of pyridine rings is 1. The van der Waals surface area contributed by atoms with Gasteiger partial charge in [0, 0.05) is 11.1 Å². The van der Waals surface area contributed by atoms with Crippen LogP contribution in [0.2, 0.25) is 10.0 Å². The zero-order valence-corrected chi connectivity index (χ0v) is 11.8. The van der Waals surface area contributed by atoms with Gasteiger partial charge < -0.3 is 9.84 Å². The van der Waals surface area contributed by atoms with Crippen LogP contribution in [-0.2, 0) is 0 Å². The fourth-order valence-corrected chi connectivity index (χ4v) is 1.86. The van der Waals surface area contributed by atoms with Crippen LogP contribution in [0.25, 0.3) is 0 Å². The summed E-state index contributed by atoms with van der Waals surface area (Å²) >= 11 is 11.9. The Kier molecular flexibility index (Phi) is 4.64. The number of nitrogens with zero attached hydrogens (tertiary/aromatic N) is 1. The average molecular weight is 298 g/mol. The van der Waals surface area contributed by atoms with E-state index in [4.69, 9.17) is 27.9 Å². The lowest BCUT2D eigenvalue weighted by molar-refractivity contribution is 0.169. The molecule has 0 amide bonds. The molecule has 1 aromatic heterocycles. The van der Waals surface area contributed by atoms with Gasteiger partial charge in [-0.1, -0.05) is 30.1 Å². The predicted molar refractivity (Wildman–Crippen MR) is 76.0 cm³/mol. The lowest BCUT2D eigenvalue weighted by Crippen LogP contribution is -1.98. The van der Waals surface area contributed by atoms with E-state index in [2.05, 4.69) is 4.98 Å². The van der Waals surface area contributed by atoms with E-state index < -0.39 is 6.10 Å². The predicted octanol–water partition coefficient (Wildman–Crippen LogP) is 4.62. The first kappa shape index (κ1) is 14.1. The van der Waals surface area contributed by atoms with Crippen molar-refractivity contribution in [3.8, 4) is 11.5 Å². The van der Waals surface area contributed by atoms with Crippen LogP contribution in [0.15, 0.2) is 36.5 Å². The topological polar surface area (TPSA) is 42.4 Å². The van der Waals surface area contributed by atoms with Gasteiger partial charge >= 0.3 is 0 Å². The third kappa shape index (κ3) is 3.60. The number of hydrogen-bond donors (Lipinski definition) is 1. The number of hydrogen-bond acceptors (Lipinski definition) is 3.